The highest BCUT2D eigenvalue weighted by Crippen LogP contribution is 2.21. The van der Waals surface area contributed by atoms with Gasteiger partial charge in [-0.1, -0.05) is 26.8 Å². The molecule has 0 amide bonds. The van der Waals surface area contributed by atoms with Crippen LogP contribution in [0.15, 0.2) is 18.3 Å². The van der Waals surface area contributed by atoms with E-state index in [0.29, 0.717) is 36.6 Å². The van der Waals surface area contributed by atoms with Gasteiger partial charge in [0.25, 0.3) is 0 Å². The van der Waals surface area contributed by atoms with Crippen molar-refractivity contribution in [3.8, 4) is 5.88 Å². The lowest BCUT2D eigenvalue weighted by Gasteiger charge is -2.18. The van der Waals surface area contributed by atoms with E-state index < -0.39 is 0 Å². The number of halogens is 1. The van der Waals surface area contributed by atoms with E-state index in [2.05, 4.69) is 46.0 Å². The van der Waals surface area contributed by atoms with E-state index in [-0.39, 0.29) is 23.9 Å². The molecule has 2 rings (SSSR count). The van der Waals surface area contributed by atoms with Crippen LogP contribution in [0.5, 0.6) is 5.88 Å². The van der Waals surface area contributed by atoms with Crippen LogP contribution in [0.2, 0.25) is 5.28 Å². The van der Waals surface area contributed by atoms with Gasteiger partial charge in [-0.3, -0.25) is 0 Å². The number of rotatable bonds is 10. The Morgan fingerprint density at radius 3 is 2.56 bits per heavy atom. The SMILES string of the molecule is CCOc1ccc(C(C)Cc2nc(Cl)nc(N[C@@H](CO)CC(C)C)n2)cn1. The summed E-state index contributed by atoms with van der Waals surface area (Å²) in [6, 6.07) is 3.74. The number of hydrogen-bond acceptors (Lipinski definition) is 7. The predicted octanol–water partition coefficient (Wildman–Crippen LogP) is 3.48. The van der Waals surface area contributed by atoms with Gasteiger partial charge >= 0.3 is 0 Å². The fourth-order valence-electron chi connectivity index (χ4n) is 2.79. The van der Waals surface area contributed by atoms with Crippen molar-refractivity contribution in [3.63, 3.8) is 0 Å². The van der Waals surface area contributed by atoms with Crippen LogP contribution in [0.1, 0.15) is 51.4 Å². The number of pyridine rings is 1. The van der Waals surface area contributed by atoms with Crippen LogP contribution in [0, 0.1) is 5.92 Å². The molecule has 0 aliphatic rings. The monoisotopic (exact) mass is 393 g/mol. The summed E-state index contributed by atoms with van der Waals surface area (Å²) in [6.45, 7) is 8.80. The Morgan fingerprint density at radius 2 is 1.96 bits per heavy atom. The van der Waals surface area contributed by atoms with Gasteiger partial charge in [-0.05, 0) is 42.3 Å². The minimum atomic E-state index is -0.121. The summed E-state index contributed by atoms with van der Waals surface area (Å²) >= 11 is 6.07. The van der Waals surface area contributed by atoms with Crippen LogP contribution in [-0.4, -0.2) is 44.3 Å². The second kappa shape index (κ2) is 10.4. The normalized spacial score (nSPS) is 13.4. The van der Waals surface area contributed by atoms with Crippen molar-refractivity contribution in [1.82, 2.24) is 19.9 Å². The number of nitrogens with zero attached hydrogens (tertiary/aromatic N) is 4. The quantitative estimate of drug-likeness (QED) is 0.638. The maximum absolute atomic E-state index is 9.55. The maximum Gasteiger partial charge on any atom is 0.227 e. The molecule has 2 N–H and O–H groups in total. The van der Waals surface area contributed by atoms with Crippen molar-refractivity contribution < 1.29 is 9.84 Å². The highest BCUT2D eigenvalue weighted by Gasteiger charge is 2.15. The first kappa shape index (κ1) is 21.3. The first-order valence-electron chi connectivity index (χ1n) is 9.27. The number of aliphatic hydroxyl groups is 1. The number of nitrogens with one attached hydrogen (secondary N) is 1. The summed E-state index contributed by atoms with van der Waals surface area (Å²) in [6.07, 6.45) is 3.21. The third-order valence-electron chi connectivity index (χ3n) is 4.07. The van der Waals surface area contributed by atoms with Crippen molar-refractivity contribution in [2.75, 3.05) is 18.5 Å². The van der Waals surface area contributed by atoms with Gasteiger partial charge in [0.15, 0.2) is 0 Å². The zero-order valence-corrected chi connectivity index (χ0v) is 17.1. The Bertz CT molecular complexity index is 712. The van der Waals surface area contributed by atoms with Gasteiger partial charge in [0.05, 0.1) is 19.3 Å². The molecule has 2 atom stereocenters. The molecule has 0 aliphatic heterocycles. The average molecular weight is 394 g/mol. The fourth-order valence-corrected chi connectivity index (χ4v) is 2.96. The number of aromatic nitrogens is 4. The van der Waals surface area contributed by atoms with Crippen molar-refractivity contribution in [2.45, 2.75) is 52.5 Å². The summed E-state index contributed by atoms with van der Waals surface area (Å²) in [5, 5.41) is 12.8. The lowest BCUT2D eigenvalue weighted by molar-refractivity contribution is 0.259. The Kier molecular flexibility index (Phi) is 8.19. The van der Waals surface area contributed by atoms with Gasteiger partial charge in [0.2, 0.25) is 17.1 Å². The molecule has 2 heterocycles. The summed E-state index contributed by atoms with van der Waals surface area (Å²) in [5.74, 6) is 2.20. The van der Waals surface area contributed by atoms with E-state index >= 15 is 0 Å². The molecule has 0 aliphatic carbocycles. The van der Waals surface area contributed by atoms with E-state index in [9.17, 15) is 5.11 Å². The smallest absolute Gasteiger partial charge is 0.227 e. The molecule has 148 valence electrons. The molecule has 0 radical (unpaired) electrons. The Morgan fingerprint density at radius 1 is 1.19 bits per heavy atom. The number of hydrogen-bond donors (Lipinski definition) is 2. The Hall–Kier alpha value is -1.99. The minimum Gasteiger partial charge on any atom is -0.478 e. The van der Waals surface area contributed by atoms with Crippen LogP contribution in [0.3, 0.4) is 0 Å². The van der Waals surface area contributed by atoms with Crippen LogP contribution in [-0.2, 0) is 6.42 Å². The highest BCUT2D eigenvalue weighted by atomic mass is 35.5. The van der Waals surface area contributed by atoms with Crippen LogP contribution >= 0.6 is 11.6 Å². The Balaban J connectivity index is 2.08. The van der Waals surface area contributed by atoms with Gasteiger partial charge in [-0.15, -0.1) is 0 Å². The minimum absolute atomic E-state index is 0.00503. The first-order chi connectivity index (χ1) is 12.9. The molecule has 0 aromatic carbocycles. The standard InChI is InChI=1S/C19H28ClN5O2/c1-5-27-17-7-6-14(10-21-17)13(4)9-16-23-18(20)25-19(24-16)22-15(11-26)8-12(2)3/h6-7,10,12-13,15,26H,5,8-9,11H2,1-4H3,(H,22,23,24,25)/t13?,15-/m1/s1. The summed E-state index contributed by atoms with van der Waals surface area (Å²) in [7, 11) is 0. The molecule has 0 spiro atoms. The van der Waals surface area contributed by atoms with Crippen LogP contribution < -0.4 is 10.1 Å². The van der Waals surface area contributed by atoms with E-state index in [0.717, 1.165) is 12.0 Å². The lowest BCUT2D eigenvalue weighted by Crippen LogP contribution is -2.27. The van der Waals surface area contributed by atoms with Gasteiger partial charge in [-0.2, -0.15) is 9.97 Å². The van der Waals surface area contributed by atoms with Gasteiger partial charge < -0.3 is 15.2 Å². The molecule has 0 saturated heterocycles. The molecule has 1 unspecified atom stereocenters. The lowest BCUT2D eigenvalue weighted by atomic mass is 9.99. The Labute approximate surface area is 165 Å². The second-order valence-corrected chi connectivity index (χ2v) is 7.30. The molecule has 7 nitrogen and oxygen atoms in total. The number of anilines is 1. The molecule has 2 aromatic heterocycles. The van der Waals surface area contributed by atoms with Crippen LogP contribution in [0.25, 0.3) is 0 Å². The van der Waals surface area contributed by atoms with Crippen LogP contribution in [0.4, 0.5) is 5.95 Å². The highest BCUT2D eigenvalue weighted by molar-refractivity contribution is 6.28. The fraction of sp³-hybridized carbons (Fsp3) is 0.579. The summed E-state index contributed by atoms with van der Waals surface area (Å²) in [4.78, 5) is 17.1. The summed E-state index contributed by atoms with van der Waals surface area (Å²) < 4.78 is 5.38. The van der Waals surface area contributed by atoms with E-state index in [1.807, 2.05) is 25.3 Å². The van der Waals surface area contributed by atoms with Crippen molar-refractivity contribution in [2.24, 2.45) is 5.92 Å². The second-order valence-electron chi connectivity index (χ2n) is 6.97. The molecular formula is C19H28ClN5O2. The average Bonchev–Trinajstić information content (AvgIpc) is 2.61. The topological polar surface area (TPSA) is 93.1 Å². The van der Waals surface area contributed by atoms with Gasteiger partial charge in [-0.25, -0.2) is 9.97 Å². The molecule has 0 saturated carbocycles. The first-order valence-corrected chi connectivity index (χ1v) is 9.65. The van der Waals surface area contributed by atoms with Gasteiger partial charge in [0.1, 0.15) is 5.82 Å². The number of aliphatic hydroxyl groups excluding tert-OH is 1. The molecule has 0 bridgehead atoms. The number of ether oxygens (including phenoxy) is 1. The van der Waals surface area contributed by atoms with E-state index in [1.165, 1.54) is 0 Å². The molecule has 0 fully saturated rings. The van der Waals surface area contributed by atoms with E-state index in [4.69, 9.17) is 16.3 Å². The molecule has 2 aromatic rings. The summed E-state index contributed by atoms with van der Waals surface area (Å²) in [5.41, 5.74) is 1.07. The zero-order valence-electron chi connectivity index (χ0n) is 16.3. The third-order valence-corrected chi connectivity index (χ3v) is 4.24. The molecule has 8 heteroatoms. The largest absolute Gasteiger partial charge is 0.478 e. The zero-order chi connectivity index (χ0) is 19.8. The van der Waals surface area contributed by atoms with E-state index in [1.54, 1.807) is 0 Å². The predicted molar refractivity (Wildman–Crippen MR) is 106 cm³/mol. The molecular weight excluding hydrogens is 366 g/mol. The van der Waals surface area contributed by atoms with Crippen molar-refractivity contribution in [1.29, 1.82) is 0 Å². The van der Waals surface area contributed by atoms with Crippen molar-refractivity contribution >= 4 is 17.5 Å². The maximum atomic E-state index is 9.55. The van der Waals surface area contributed by atoms with Gasteiger partial charge in [0, 0.05) is 18.7 Å². The third kappa shape index (κ3) is 6.92. The van der Waals surface area contributed by atoms with Crippen molar-refractivity contribution in [3.05, 3.63) is 35.0 Å². The molecule has 27 heavy (non-hydrogen) atoms.